The summed E-state index contributed by atoms with van der Waals surface area (Å²) in [6.45, 7) is 0. The molecule has 0 aliphatic carbocycles. The third-order valence-electron chi connectivity index (χ3n) is 5.87. The van der Waals surface area contributed by atoms with Gasteiger partial charge in [0.2, 0.25) is 0 Å². The molecule has 0 saturated heterocycles. The van der Waals surface area contributed by atoms with E-state index >= 15 is 0 Å². The van der Waals surface area contributed by atoms with Crippen LogP contribution in [0.1, 0.15) is 33.4 Å². The fourth-order valence-electron chi connectivity index (χ4n) is 3.90. The lowest BCUT2D eigenvalue weighted by atomic mass is 10.0. The van der Waals surface area contributed by atoms with E-state index in [1.165, 1.54) is 36.7 Å². The van der Waals surface area contributed by atoms with Gasteiger partial charge in [-0.15, -0.1) is 0 Å². The molecule has 0 atom stereocenters. The van der Waals surface area contributed by atoms with E-state index in [4.69, 9.17) is 11.6 Å². The van der Waals surface area contributed by atoms with Gasteiger partial charge in [-0.1, -0.05) is 35.9 Å². The van der Waals surface area contributed by atoms with E-state index in [1.54, 1.807) is 60.7 Å². The second-order valence-electron chi connectivity index (χ2n) is 8.45. The normalized spacial score (nSPS) is 11.3. The second-order valence-corrected chi connectivity index (χ2v) is 8.86. The number of ketones is 1. The van der Waals surface area contributed by atoms with Gasteiger partial charge < -0.3 is 5.32 Å². The van der Waals surface area contributed by atoms with Gasteiger partial charge in [-0.2, -0.15) is 18.3 Å². The monoisotopic (exact) mass is 548 g/mol. The van der Waals surface area contributed by atoms with Gasteiger partial charge in [0, 0.05) is 41.8 Å². The summed E-state index contributed by atoms with van der Waals surface area (Å²) in [5, 5.41) is 6.73. The number of anilines is 1. The van der Waals surface area contributed by atoms with E-state index in [-0.39, 0.29) is 29.2 Å². The van der Waals surface area contributed by atoms with Crippen molar-refractivity contribution in [2.75, 3.05) is 5.32 Å². The van der Waals surface area contributed by atoms with E-state index in [0.717, 1.165) is 10.7 Å². The lowest BCUT2D eigenvalue weighted by molar-refractivity contribution is -0.141. The van der Waals surface area contributed by atoms with Crippen LogP contribution in [0.15, 0.2) is 103 Å². The van der Waals surface area contributed by atoms with Crippen LogP contribution in [-0.2, 0) is 6.18 Å². The summed E-state index contributed by atoms with van der Waals surface area (Å²) in [6, 6.07) is 23.1. The minimum Gasteiger partial charge on any atom is -0.322 e. The number of nitrogens with one attached hydrogen (secondary N) is 1. The lowest BCUT2D eigenvalue weighted by Crippen LogP contribution is -2.12. The molecule has 5 rings (SSSR count). The number of carbonyl (C=O) groups excluding carboxylic acids is 2. The molecular weight excluding hydrogens is 529 g/mol. The number of alkyl halides is 3. The molecule has 0 unspecified atom stereocenters. The number of nitrogens with zero attached hydrogens (tertiary/aromatic N) is 3. The van der Waals surface area contributed by atoms with Crippen molar-refractivity contribution in [1.29, 1.82) is 0 Å². The van der Waals surface area contributed by atoms with Gasteiger partial charge in [0.25, 0.3) is 5.91 Å². The molecule has 10 heteroatoms. The van der Waals surface area contributed by atoms with Crippen LogP contribution in [0.4, 0.5) is 18.9 Å². The molecule has 2 aromatic heterocycles. The van der Waals surface area contributed by atoms with E-state index in [9.17, 15) is 22.8 Å². The number of para-hydroxylation sites is 1. The molecule has 0 aliphatic rings. The molecule has 1 N–H and O–H groups in total. The standard InChI is InChI=1S/C29H18ClF3N4O2.H2/c30-23-3-1-2-4-24(23)37-25(17-26(36-37)29(31,32)33)18-5-7-21(8-6-18)28(39)35-22-11-9-19(10-12-22)27(38)20-13-15-34-16-14-20;/h1-17H,(H,35,39);1H. The average molecular weight is 549 g/mol. The number of hydrogen-bond donors (Lipinski definition) is 1. The summed E-state index contributed by atoms with van der Waals surface area (Å²) >= 11 is 6.23. The quantitative estimate of drug-likeness (QED) is 0.225. The van der Waals surface area contributed by atoms with Crippen molar-refractivity contribution in [2.24, 2.45) is 0 Å². The summed E-state index contributed by atoms with van der Waals surface area (Å²) in [4.78, 5) is 29.2. The molecular formula is C29H20ClF3N4O2. The summed E-state index contributed by atoms with van der Waals surface area (Å²) < 4.78 is 41.5. The number of benzene rings is 3. The highest BCUT2D eigenvalue weighted by Crippen LogP contribution is 2.34. The number of pyridine rings is 1. The summed E-state index contributed by atoms with van der Waals surface area (Å²) in [7, 11) is 0. The number of rotatable bonds is 6. The first kappa shape index (κ1) is 25.9. The average Bonchev–Trinajstić information content (AvgIpc) is 3.40. The Hall–Kier alpha value is -4.76. The molecule has 2 heterocycles. The van der Waals surface area contributed by atoms with Crippen LogP contribution >= 0.6 is 11.6 Å². The van der Waals surface area contributed by atoms with Crippen LogP contribution in [0.3, 0.4) is 0 Å². The van der Waals surface area contributed by atoms with Crippen molar-refractivity contribution in [3.05, 3.63) is 131 Å². The van der Waals surface area contributed by atoms with Gasteiger partial charge in [0.05, 0.1) is 16.4 Å². The predicted octanol–water partition coefficient (Wildman–Crippen LogP) is 7.34. The smallest absolute Gasteiger partial charge is 0.322 e. The highest BCUT2D eigenvalue weighted by molar-refractivity contribution is 6.32. The maximum Gasteiger partial charge on any atom is 0.435 e. The van der Waals surface area contributed by atoms with Crippen molar-refractivity contribution >= 4 is 29.0 Å². The fraction of sp³-hybridized carbons (Fsp3) is 0.0345. The molecule has 39 heavy (non-hydrogen) atoms. The van der Waals surface area contributed by atoms with Crippen LogP contribution < -0.4 is 5.32 Å². The number of amides is 1. The third-order valence-corrected chi connectivity index (χ3v) is 6.19. The Labute approximate surface area is 227 Å². The highest BCUT2D eigenvalue weighted by atomic mass is 35.5. The van der Waals surface area contributed by atoms with Gasteiger partial charge in [-0.05, 0) is 66.7 Å². The minimum absolute atomic E-state index is 0. The van der Waals surface area contributed by atoms with E-state index in [2.05, 4.69) is 15.4 Å². The van der Waals surface area contributed by atoms with Crippen molar-refractivity contribution in [3.8, 4) is 16.9 Å². The topological polar surface area (TPSA) is 76.9 Å². The van der Waals surface area contributed by atoms with Gasteiger partial charge in [0.15, 0.2) is 11.5 Å². The molecule has 0 fully saturated rings. The number of hydrogen-bond acceptors (Lipinski definition) is 4. The Morgan fingerprint density at radius 3 is 2.08 bits per heavy atom. The molecule has 196 valence electrons. The van der Waals surface area contributed by atoms with Crippen LogP contribution in [0.2, 0.25) is 5.02 Å². The molecule has 0 spiro atoms. The van der Waals surface area contributed by atoms with Crippen molar-refractivity contribution in [3.63, 3.8) is 0 Å². The minimum atomic E-state index is -4.65. The Morgan fingerprint density at radius 1 is 0.821 bits per heavy atom. The first-order chi connectivity index (χ1) is 18.7. The maximum atomic E-state index is 13.5. The molecule has 3 aromatic carbocycles. The van der Waals surface area contributed by atoms with Crippen LogP contribution in [-0.4, -0.2) is 26.5 Å². The SMILES string of the molecule is O=C(Nc1ccc(C(=O)c2ccncc2)cc1)c1ccc(-c2cc(C(F)(F)F)nn2-c2ccccc2Cl)cc1.[HH]. The third kappa shape index (κ3) is 5.58. The first-order valence-electron chi connectivity index (χ1n) is 11.6. The maximum absolute atomic E-state index is 13.5. The predicted molar refractivity (Wildman–Crippen MR) is 143 cm³/mol. The van der Waals surface area contributed by atoms with Gasteiger partial charge in [-0.25, -0.2) is 4.68 Å². The fourth-order valence-corrected chi connectivity index (χ4v) is 4.12. The number of carbonyl (C=O) groups is 2. The lowest BCUT2D eigenvalue weighted by Gasteiger charge is -2.10. The summed E-state index contributed by atoms with van der Waals surface area (Å²) in [6.07, 6.45) is -1.58. The van der Waals surface area contributed by atoms with Gasteiger partial charge >= 0.3 is 6.18 Å². The van der Waals surface area contributed by atoms with Crippen LogP contribution in [0.25, 0.3) is 16.9 Å². The van der Waals surface area contributed by atoms with E-state index < -0.39 is 17.8 Å². The highest BCUT2D eigenvalue weighted by Gasteiger charge is 2.35. The zero-order chi connectivity index (χ0) is 27.6. The molecule has 0 bridgehead atoms. The van der Waals surface area contributed by atoms with Crippen molar-refractivity contribution < 1.29 is 24.2 Å². The zero-order valence-electron chi connectivity index (χ0n) is 20.0. The Kier molecular flexibility index (Phi) is 7.00. The van der Waals surface area contributed by atoms with E-state index in [1.807, 2.05) is 0 Å². The summed E-state index contributed by atoms with van der Waals surface area (Å²) in [5.41, 5.74) is 1.52. The molecule has 6 nitrogen and oxygen atoms in total. The van der Waals surface area contributed by atoms with Gasteiger partial charge in [0.1, 0.15) is 0 Å². The van der Waals surface area contributed by atoms with Crippen molar-refractivity contribution in [2.45, 2.75) is 6.18 Å². The number of halogens is 4. The molecule has 1 amide bonds. The summed E-state index contributed by atoms with van der Waals surface area (Å²) in [5.74, 6) is -0.596. The first-order valence-corrected chi connectivity index (χ1v) is 12.0. The van der Waals surface area contributed by atoms with Crippen LogP contribution in [0, 0.1) is 0 Å². The molecule has 0 radical (unpaired) electrons. The Morgan fingerprint density at radius 2 is 1.44 bits per heavy atom. The second kappa shape index (κ2) is 10.5. The van der Waals surface area contributed by atoms with Gasteiger partial charge in [-0.3, -0.25) is 14.6 Å². The Balaban J connectivity index is 0.00000370. The van der Waals surface area contributed by atoms with Crippen LogP contribution in [0.5, 0.6) is 0 Å². The molecule has 0 aliphatic heterocycles. The number of aromatic nitrogens is 3. The molecule has 0 saturated carbocycles. The largest absolute Gasteiger partial charge is 0.435 e. The van der Waals surface area contributed by atoms with E-state index in [0.29, 0.717) is 22.4 Å². The van der Waals surface area contributed by atoms with Crippen molar-refractivity contribution in [1.82, 2.24) is 14.8 Å². The zero-order valence-corrected chi connectivity index (χ0v) is 20.7. The Bertz CT molecular complexity index is 1660. The molecule has 5 aromatic rings.